The predicted molar refractivity (Wildman–Crippen MR) is 49.1 cm³/mol. The quantitative estimate of drug-likeness (QED) is 0.406. The Hall–Kier alpha value is -1.06. The molecule has 0 aliphatic rings. The summed E-state index contributed by atoms with van der Waals surface area (Å²) in [6.45, 7) is 1.73. The van der Waals surface area contributed by atoms with E-state index in [0.29, 0.717) is 10.7 Å². The summed E-state index contributed by atoms with van der Waals surface area (Å²) < 4.78 is 0. The van der Waals surface area contributed by atoms with E-state index in [1.54, 1.807) is 31.2 Å². The third-order valence-corrected chi connectivity index (χ3v) is 1.66. The zero-order valence-corrected chi connectivity index (χ0v) is 7.34. The van der Waals surface area contributed by atoms with E-state index in [2.05, 4.69) is 5.16 Å². The summed E-state index contributed by atoms with van der Waals surface area (Å²) in [6.07, 6.45) is 0. The fourth-order valence-corrected chi connectivity index (χ4v) is 0.875. The van der Waals surface area contributed by atoms with Crippen LogP contribution in [-0.2, 0) is 0 Å². The molecule has 0 aliphatic heterocycles. The van der Waals surface area contributed by atoms with E-state index in [-0.39, 0.29) is 5.48 Å². The zero-order chi connectivity index (χ0) is 8.27. The van der Waals surface area contributed by atoms with Gasteiger partial charge < -0.3 is 10.7 Å². The van der Waals surface area contributed by atoms with Crippen molar-refractivity contribution >= 4 is 17.3 Å². The molecule has 0 amide bonds. The summed E-state index contributed by atoms with van der Waals surface area (Å²) in [5, 5.41) is 12.2. The summed E-state index contributed by atoms with van der Waals surface area (Å²) in [4.78, 5) is 0. The van der Waals surface area contributed by atoms with Crippen LogP contribution >= 0.6 is 11.6 Å². The number of benzene rings is 1. The van der Waals surface area contributed by atoms with Crippen LogP contribution in [0.3, 0.4) is 0 Å². The Balaban J connectivity index is 0.00000121. The van der Waals surface area contributed by atoms with E-state index < -0.39 is 0 Å². The minimum Gasteiger partial charge on any atom is -0.412 e. The maximum absolute atomic E-state index is 8.41. The second-order valence-corrected chi connectivity index (χ2v) is 2.63. The summed E-state index contributed by atoms with van der Waals surface area (Å²) in [5.41, 5.74) is 1.46. The van der Waals surface area contributed by atoms with Crippen molar-refractivity contribution in [3.05, 3.63) is 34.9 Å². The lowest BCUT2D eigenvalue weighted by Crippen LogP contribution is -1.92. The summed E-state index contributed by atoms with van der Waals surface area (Å²) >= 11 is 5.66. The van der Waals surface area contributed by atoms with Crippen LogP contribution in [0.1, 0.15) is 12.5 Å². The number of halogens is 1. The largest absolute Gasteiger partial charge is 0.412 e. The van der Waals surface area contributed by atoms with Gasteiger partial charge in [-0.05, 0) is 24.6 Å². The predicted octanol–water partition coefficient (Wildman–Crippen LogP) is 1.71. The Bertz CT molecular complexity index is 269. The average Bonchev–Trinajstić information content (AvgIpc) is 2.05. The molecule has 66 valence electrons. The summed E-state index contributed by atoms with van der Waals surface area (Å²) in [5.74, 6) is 0. The molecule has 0 aromatic heterocycles. The number of hydrogen-bond donors (Lipinski definition) is 1. The van der Waals surface area contributed by atoms with Crippen LogP contribution < -0.4 is 0 Å². The lowest BCUT2D eigenvalue weighted by atomic mass is 10.1. The highest BCUT2D eigenvalue weighted by molar-refractivity contribution is 6.30. The molecule has 0 aliphatic carbocycles. The van der Waals surface area contributed by atoms with Gasteiger partial charge in [-0.25, -0.2) is 0 Å². The Labute approximate surface area is 75.6 Å². The summed E-state index contributed by atoms with van der Waals surface area (Å²) in [6, 6.07) is 7.12. The van der Waals surface area contributed by atoms with E-state index in [4.69, 9.17) is 16.8 Å². The second-order valence-electron chi connectivity index (χ2n) is 2.19. The lowest BCUT2D eigenvalue weighted by Gasteiger charge is -1.96. The highest BCUT2D eigenvalue weighted by Gasteiger charge is 1.95. The van der Waals surface area contributed by atoms with Gasteiger partial charge in [0.25, 0.3) is 0 Å². The van der Waals surface area contributed by atoms with E-state index in [1.165, 1.54) is 0 Å². The van der Waals surface area contributed by atoms with Gasteiger partial charge in [0.2, 0.25) is 0 Å². The molecular formula is C8H10ClNO2. The molecule has 0 heterocycles. The zero-order valence-electron chi connectivity index (χ0n) is 6.58. The fourth-order valence-electron chi connectivity index (χ4n) is 0.749. The van der Waals surface area contributed by atoms with E-state index in [1.807, 2.05) is 0 Å². The SMILES string of the molecule is C/C(=N/O)c1ccc(Cl)cc1.O. The van der Waals surface area contributed by atoms with Crippen LogP contribution in [0.5, 0.6) is 0 Å². The normalized spacial score (nSPS) is 10.7. The van der Waals surface area contributed by atoms with Gasteiger partial charge in [0, 0.05) is 5.02 Å². The molecule has 0 bridgehead atoms. The van der Waals surface area contributed by atoms with Crippen molar-refractivity contribution in [3.8, 4) is 0 Å². The molecule has 4 heteroatoms. The average molecular weight is 188 g/mol. The molecule has 0 saturated carbocycles. The number of hydrogen-bond acceptors (Lipinski definition) is 2. The van der Waals surface area contributed by atoms with Crippen LogP contribution in [0, 0.1) is 0 Å². The van der Waals surface area contributed by atoms with Gasteiger partial charge in [0.1, 0.15) is 0 Å². The first-order chi connectivity index (χ1) is 5.24. The maximum Gasteiger partial charge on any atom is 0.0836 e. The molecule has 0 fully saturated rings. The standard InChI is InChI=1S/C8H8ClNO.H2O/c1-6(10-11)7-2-4-8(9)5-3-7;/h2-5,11H,1H3;1H2/b10-6-;. The molecule has 1 aromatic rings. The molecule has 12 heavy (non-hydrogen) atoms. The van der Waals surface area contributed by atoms with Gasteiger partial charge in [0.05, 0.1) is 5.71 Å². The first-order valence-corrected chi connectivity index (χ1v) is 3.56. The highest BCUT2D eigenvalue weighted by atomic mass is 35.5. The van der Waals surface area contributed by atoms with Crippen LogP contribution in [0.4, 0.5) is 0 Å². The highest BCUT2D eigenvalue weighted by Crippen LogP contribution is 2.09. The Morgan fingerprint density at radius 3 is 2.25 bits per heavy atom. The first-order valence-electron chi connectivity index (χ1n) is 3.18. The Morgan fingerprint density at radius 1 is 1.33 bits per heavy atom. The van der Waals surface area contributed by atoms with Crippen LogP contribution in [0.2, 0.25) is 5.02 Å². The molecule has 0 unspecified atom stereocenters. The molecule has 0 spiro atoms. The van der Waals surface area contributed by atoms with Crippen molar-refractivity contribution in [2.45, 2.75) is 6.92 Å². The second kappa shape index (κ2) is 4.74. The minimum absolute atomic E-state index is 0. The van der Waals surface area contributed by atoms with Crippen molar-refractivity contribution in [2.75, 3.05) is 0 Å². The monoisotopic (exact) mass is 187 g/mol. The van der Waals surface area contributed by atoms with Crippen LogP contribution in [0.25, 0.3) is 0 Å². The molecule has 1 rings (SSSR count). The molecule has 3 nitrogen and oxygen atoms in total. The van der Waals surface area contributed by atoms with Crippen molar-refractivity contribution in [3.63, 3.8) is 0 Å². The first kappa shape index (κ1) is 10.9. The number of rotatable bonds is 1. The minimum atomic E-state index is 0. The topological polar surface area (TPSA) is 64.1 Å². The van der Waals surface area contributed by atoms with Gasteiger partial charge in [-0.1, -0.05) is 28.9 Å². The number of oxime groups is 1. The molecular weight excluding hydrogens is 178 g/mol. The lowest BCUT2D eigenvalue weighted by molar-refractivity contribution is 0.319. The Kier molecular flexibility index (Phi) is 4.33. The summed E-state index contributed by atoms with van der Waals surface area (Å²) in [7, 11) is 0. The van der Waals surface area contributed by atoms with E-state index in [0.717, 1.165) is 5.56 Å². The van der Waals surface area contributed by atoms with E-state index >= 15 is 0 Å². The van der Waals surface area contributed by atoms with Gasteiger partial charge in [-0.3, -0.25) is 0 Å². The van der Waals surface area contributed by atoms with Gasteiger partial charge >= 0.3 is 0 Å². The van der Waals surface area contributed by atoms with Crippen molar-refractivity contribution in [1.29, 1.82) is 0 Å². The molecule has 1 aromatic carbocycles. The van der Waals surface area contributed by atoms with Crippen LogP contribution in [0.15, 0.2) is 29.4 Å². The smallest absolute Gasteiger partial charge is 0.0836 e. The maximum atomic E-state index is 8.41. The van der Waals surface area contributed by atoms with Crippen LogP contribution in [-0.4, -0.2) is 16.4 Å². The molecule has 0 saturated heterocycles. The number of nitrogens with zero attached hydrogens (tertiary/aromatic N) is 1. The third kappa shape index (κ3) is 2.53. The third-order valence-electron chi connectivity index (χ3n) is 1.41. The van der Waals surface area contributed by atoms with Crippen molar-refractivity contribution in [1.82, 2.24) is 0 Å². The van der Waals surface area contributed by atoms with Crippen molar-refractivity contribution in [2.24, 2.45) is 5.16 Å². The van der Waals surface area contributed by atoms with Gasteiger partial charge in [0.15, 0.2) is 0 Å². The Morgan fingerprint density at radius 2 is 1.83 bits per heavy atom. The van der Waals surface area contributed by atoms with Gasteiger partial charge in [-0.15, -0.1) is 0 Å². The van der Waals surface area contributed by atoms with Crippen molar-refractivity contribution < 1.29 is 10.7 Å². The molecule has 0 atom stereocenters. The molecule has 3 N–H and O–H groups in total. The fraction of sp³-hybridized carbons (Fsp3) is 0.125. The van der Waals surface area contributed by atoms with E-state index in [9.17, 15) is 0 Å². The van der Waals surface area contributed by atoms with Gasteiger partial charge in [-0.2, -0.15) is 0 Å². The molecule has 0 radical (unpaired) electrons.